The van der Waals surface area contributed by atoms with Gasteiger partial charge in [-0.1, -0.05) is 11.6 Å². The van der Waals surface area contributed by atoms with E-state index in [1.165, 1.54) is 12.1 Å². The van der Waals surface area contributed by atoms with Crippen molar-refractivity contribution in [3.8, 4) is 5.75 Å². The van der Waals surface area contributed by atoms with Crippen molar-refractivity contribution < 1.29 is 9.50 Å². The van der Waals surface area contributed by atoms with E-state index >= 15 is 0 Å². The van der Waals surface area contributed by atoms with Crippen LogP contribution in [0.25, 0.3) is 0 Å². The molecule has 15 heavy (non-hydrogen) atoms. The van der Waals surface area contributed by atoms with Crippen LogP contribution in [0.4, 0.5) is 4.39 Å². The third-order valence-corrected chi connectivity index (χ3v) is 3.25. The average Bonchev–Trinajstić information content (AvgIpc) is 2.91. The zero-order chi connectivity index (χ0) is 11.1. The van der Waals surface area contributed by atoms with Crippen LogP contribution in [0, 0.1) is 5.82 Å². The Balaban J connectivity index is 2.16. The fourth-order valence-electron chi connectivity index (χ4n) is 1.61. The molecule has 1 saturated carbocycles. The lowest BCUT2D eigenvalue weighted by Gasteiger charge is -2.11. The Labute approximate surface area is 92.9 Å². The van der Waals surface area contributed by atoms with E-state index in [9.17, 15) is 9.50 Å². The Bertz CT molecular complexity index is 390. The molecule has 0 aromatic heterocycles. The molecular formula is C11H13ClFNO. The molecule has 1 aliphatic rings. The SMILES string of the molecule is NC1(CCc2c(F)ccc(Cl)c2O)CC1. The second-order valence-electron chi connectivity index (χ2n) is 4.22. The fourth-order valence-corrected chi connectivity index (χ4v) is 1.78. The predicted molar refractivity (Wildman–Crippen MR) is 57.5 cm³/mol. The molecule has 1 fully saturated rings. The number of rotatable bonds is 3. The molecule has 0 unspecified atom stereocenters. The van der Waals surface area contributed by atoms with Gasteiger partial charge in [0.1, 0.15) is 11.6 Å². The first kappa shape index (κ1) is 10.7. The molecule has 0 aliphatic heterocycles. The number of benzene rings is 1. The summed E-state index contributed by atoms with van der Waals surface area (Å²) in [5.41, 5.74) is 6.03. The summed E-state index contributed by atoms with van der Waals surface area (Å²) in [5.74, 6) is -0.568. The number of halogens is 2. The number of hydrogen-bond donors (Lipinski definition) is 2. The van der Waals surface area contributed by atoms with Crippen LogP contribution < -0.4 is 5.73 Å². The van der Waals surface area contributed by atoms with Crippen molar-refractivity contribution in [1.82, 2.24) is 0 Å². The smallest absolute Gasteiger partial charge is 0.140 e. The van der Waals surface area contributed by atoms with Gasteiger partial charge in [0.2, 0.25) is 0 Å². The van der Waals surface area contributed by atoms with Crippen LogP contribution in [0.2, 0.25) is 5.02 Å². The third-order valence-electron chi connectivity index (χ3n) is 2.94. The summed E-state index contributed by atoms with van der Waals surface area (Å²) < 4.78 is 13.4. The van der Waals surface area contributed by atoms with Gasteiger partial charge in [0.05, 0.1) is 5.02 Å². The van der Waals surface area contributed by atoms with E-state index in [-0.39, 0.29) is 21.9 Å². The van der Waals surface area contributed by atoms with E-state index in [2.05, 4.69) is 0 Å². The minimum atomic E-state index is -0.416. The van der Waals surface area contributed by atoms with Crippen LogP contribution in [-0.2, 0) is 6.42 Å². The summed E-state index contributed by atoms with van der Waals surface area (Å²) >= 11 is 5.70. The Morgan fingerprint density at radius 3 is 2.73 bits per heavy atom. The quantitative estimate of drug-likeness (QED) is 0.837. The molecule has 0 amide bonds. The van der Waals surface area contributed by atoms with Gasteiger partial charge in [0, 0.05) is 11.1 Å². The lowest BCUT2D eigenvalue weighted by Crippen LogP contribution is -2.22. The van der Waals surface area contributed by atoms with Crippen molar-refractivity contribution in [1.29, 1.82) is 0 Å². The van der Waals surface area contributed by atoms with E-state index in [1.807, 2.05) is 0 Å². The normalized spacial score (nSPS) is 17.8. The topological polar surface area (TPSA) is 46.2 Å². The third kappa shape index (κ3) is 2.24. The van der Waals surface area contributed by atoms with Crippen molar-refractivity contribution in [2.75, 3.05) is 0 Å². The Kier molecular flexibility index (Phi) is 2.61. The average molecular weight is 230 g/mol. The summed E-state index contributed by atoms with van der Waals surface area (Å²) in [7, 11) is 0. The van der Waals surface area contributed by atoms with Crippen molar-refractivity contribution >= 4 is 11.6 Å². The van der Waals surface area contributed by atoms with E-state index < -0.39 is 5.82 Å². The molecule has 1 aromatic carbocycles. The highest BCUT2D eigenvalue weighted by atomic mass is 35.5. The largest absolute Gasteiger partial charge is 0.506 e. The summed E-state index contributed by atoms with van der Waals surface area (Å²) in [6.45, 7) is 0. The maximum Gasteiger partial charge on any atom is 0.140 e. The highest BCUT2D eigenvalue weighted by Gasteiger charge is 2.37. The van der Waals surface area contributed by atoms with E-state index in [0.29, 0.717) is 12.8 Å². The van der Waals surface area contributed by atoms with Crippen molar-refractivity contribution in [2.24, 2.45) is 5.73 Å². The maximum atomic E-state index is 13.4. The van der Waals surface area contributed by atoms with Crippen LogP contribution in [0.3, 0.4) is 0 Å². The lowest BCUT2D eigenvalue weighted by atomic mass is 10.0. The first-order chi connectivity index (χ1) is 7.02. The zero-order valence-corrected chi connectivity index (χ0v) is 9.02. The predicted octanol–water partition coefficient (Wildman–Crippen LogP) is 2.61. The molecule has 82 valence electrons. The minimum Gasteiger partial charge on any atom is -0.506 e. The molecule has 1 aromatic rings. The number of aromatic hydroxyl groups is 1. The molecular weight excluding hydrogens is 217 g/mol. The van der Waals surface area contributed by atoms with Crippen LogP contribution in [-0.4, -0.2) is 10.6 Å². The van der Waals surface area contributed by atoms with Crippen LogP contribution in [0.1, 0.15) is 24.8 Å². The number of nitrogens with two attached hydrogens (primary N) is 1. The van der Waals surface area contributed by atoms with Gasteiger partial charge in [-0.15, -0.1) is 0 Å². The van der Waals surface area contributed by atoms with Crippen LogP contribution >= 0.6 is 11.6 Å². The molecule has 0 atom stereocenters. The first-order valence-electron chi connectivity index (χ1n) is 4.97. The molecule has 0 spiro atoms. The first-order valence-corrected chi connectivity index (χ1v) is 5.34. The molecule has 2 rings (SSSR count). The standard InChI is InChI=1S/C11H13ClFNO/c12-8-1-2-9(13)7(10(8)15)3-4-11(14)5-6-11/h1-2,15H,3-6,14H2. The van der Waals surface area contributed by atoms with Crippen LogP contribution in [0.5, 0.6) is 5.75 Å². The van der Waals surface area contributed by atoms with Gasteiger partial charge in [-0.05, 0) is 37.8 Å². The number of phenols is 1. The summed E-state index contributed by atoms with van der Waals surface area (Å²) in [4.78, 5) is 0. The Hall–Kier alpha value is -0.800. The summed E-state index contributed by atoms with van der Waals surface area (Å²) in [5, 5.41) is 9.77. The fraction of sp³-hybridized carbons (Fsp3) is 0.455. The maximum absolute atomic E-state index is 13.4. The number of hydrogen-bond acceptors (Lipinski definition) is 2. The molecule has 4 heteroatoms. The highest BCUT2D eigenvalue weighted by Crippen LogP contribution is 2.38. The molecule has 0 radical (unpaired) electrons. The second-order valence-corrected chi connectivity index (χ2v) is 4.63. The zero-order valence-electron chi connectivity index (χ0n) is 8.26. The van der Waals surface area contributed by atoms with Gasteiger partial charge in [-0.25, -0.2) is 4.39 Å². The number of phenolic OH excluding ortho intramolecular Hbond substituents is 1. The van der Waals surface area contributed by atoms with Gasteiger partial charge >= 0.3 is 0 Å². The lowest BCUT2D eigenvalue weighted by molar-refractivity contribution is 0.454. The Morgan fingerprint density at radius 2 is 2.13 bits per heavy atom. The van der Waals surface area contributed by atoms with Gasteiger partial charge in [-0.2, -0.15) is 0 Å². The molecule has 0 heterocycles. The Morgan fingerprint density at radius 1 is 1.47 bits per heavy atom. The van der Waals surface area contributed by atoms with Crippen molar-refractivity contribution in [2.45, 2.75) is 31.2 Å². The van der Waals surface area contributed by atoms with E-state index in [1.54, 1.807) is 0 Å². The van der Waals surface area contributed by atoms with Gasteiger partial charge in [-0.3, -0.25) is 0 Å². The molecule has 2 nitrogen and oxygen atoms in total. The van der Waals surface area contributed by atoms with Gasteiger partial charge in [0.15, 0.2) is 0 Å². The summed E-state index contributed by atoms with van der Waals surface area (Å²) in [6, 6.07) is 2.62. The summed E-state index contributed by atoms with van der Waals surface area (Å²) in [6.07, 6.45) is 3.10. The van der Waals surface area contributed by atoms with Crippen molar-refractivity contribution in [3.05, 3.63) is 28.5 Å². The highest BCUT2D eigenvalue weighted by molar-refractivity contribution is 6.32. The van der Waals surface area contributed by atoms with Crippen LogP contribution in [0.15, 0.2) is 12.1 Å². The molecule has 0 bridgehead atoms. The van der Waals surface area contributed by atoms with Gasteiger partial charge in [0.25, 0.3) is 0 Å². The monoisotopic (exact) mass is 229 g/mol. The molecule has 0 saturated heterocycles. The van der Waals surface area contributed by atoms with Gasteiger partial charge < -0.3 is 10.8 Å². The minimum absolute atomic E-state index is 0.138. The second kappa shape index (κ2) is 3.65. The van der Waals surface area contributed by atoms with E-state index in [4.69, 9.17) is 17.3 Å². The van der Waals surface area contributed by atoms with E-state index in [0.717, 1.165) is 12.8 Å². The molecule has 1 aliphatic carbocycles. The van der Waals surface area contributed by atoms with Crippen molar-refractivity contribution in [3.63, 3.8) is 0 Å². The molecule has 3 N–H and O–H groups in total.